The first-order valence-electron chi connectivity index (χ1n) is 3.63. The number of nitrogens with zero attached hydrogens (tertiary/aromatic N) is 1. The van der Waals surface area contributed by atoms with Crippen molar-refractivity contribution in [1.82, 2.24) is 0 Å². The Bertz CT molecular complexity index is 256. The molecule has 0 aliphatic heterocycles. The average molecular weight is 165 g/mol. The van der Waals surface area contributed by atoms with Gasteiger partial charge in [0.2, 0.25) is 0 Å². The van der Waals surface area contributed by atoms with Crippen LogP contribution in [0.1, 0.15) is 5.56 Å². The Morgan fingerprint density at radius 1 is 1.42 bits per heavy atom. The molecule has 0 saturated carbocycles. The molecular weight excluding hydrogens is 154 g/mol. The van der Waals surface area contributed by atoms with Gasteiger partial charge in [0, 0.05) is 12.7 Å². The highest BCUT2D eigenvalue weighted by molar-refractivity contribution is 6.01. The number of hydrogen-bond donors (Lipinski definition) is 1. The second-order valence-corrected chi connectivity index (χ2v) is 2.35. The van der Waals surface area contributed by atoms with E-state index < -0.39 is 0 Å². The fraction of sp³-hybridized carbons (Fsp3) is 0.222. The minimum Gasteiger partial charge on any atom is -0.411 e. The van der Waals surface area contributed by atoms with Crippen LogP contribution in [0.5, 0.6) is 0 Å². The quantitative estimate of drug-likeness (QED) is 0.419. The Morgan fingerprint density at radius 3 is 2.58 bits per heavy atom. The monoisotopic (exact) mass is 165 g/mol. The van der Waals surface area contributed by atoms with Gasteiger partial charge < -0.3 is 9.94 Å². The molecule has 0 saturated heterocycles. The molecule has 0 amide bonds. The third kappa shape index (κ3) is 2.07. The van der Waals surface area contributed by atoms with Crippen molar-refractivity contribution in [3.63, 3.8) is 0 Å². The molecule has 0 aliphatic rings. The standard InChI is InChI=1S/C9H11NO2/c1-12-7-9(10-11)8-5-3-2-4-6-8/h2-6,11H,7H2,1H3/b10-9-. The van der Waals surface area contributed by atoms with E-state index >= 15 is 0 Å². The molecule has 0 unspecified atom stereocenters. The maximum absolute atomic E-state index is 8.62. The molecule has 1 N–H and O–H groups in total. The van der Waals surface area contributed by atoms with Crippen LogP contribution < -0.4 is 0 Å². The van der Waals surface area contributed by atoms with Crippen LogP contribution in [0.2, 0.25) is 0 Å². The van der Waals surface area contributed by atoms with Crippen molar-refractivity contribution in [3.8, 4) is 0 Å². The smallest absolute Gasteiger partial charge is 0.112 e. The minimum atomic E-state index is 0.320. The zero-order chi connectivity index (χ0) is 8.81. The lowest BCUT2D eigenvalue weighted by molar-refractivity contribution is 0.238. The lowest BCUT2D eigenvalue weighted by Crippen LogP contribution is -2.08. The number of rotatable bonds is 3. The van der Waals surface area contributed by atoms with Gasteiger partial charge >= 0.3 is 0 Å². The van der Waals surface area contributed by atoms with Gasteiger partial charge in [-0.1, -0.05) is 35.5 Å². The van der Waals surface area contributed by atoms with Crippen molar-refractivity contribution in [2.75, 3.05) is 13.7 Å². The first-order chi connectivity index (χ1) is 5.88. The average Bonchev–Trinajstić information content (AvgIpc) is 2.15. The van der Waals surface area contributed by atoms with Crippen LogP contribution in [-0.2, 0) is 4.74 Å². The molecular formula is C9H11NO2. The zero-order valence-electron chi connectivity index (χ0n) is 6.90. The Hall–Kier alpha value is -1.35. The Balaban J connectivity index is 2.82. The Kier molecular flexibility index (Phi) is 3.29. The lowest BCUT2D eigenvalue weighted by Gasteiger charge is -2.01. The van der Waals surface area contributed by atoms with Crippen molar-refractivity contribution in [1.29, 1.82) is 0 Å². The number of oxime groups is 1. The number of methoxy groups -OCH3 is 1. The van der Waals surface area contributed by atoms with Crippen LogP contribution in [0.15, 0.2) is 35.5 Å². The van der Waals surface area contributed by atoms with Crippen LogP contribution in [0.3, 0.4) is 0 Å². The van der Waals surface area contributed by atoms with E-state index in [4.69, 9.17) is 9.94 Å². The summed E-state index contributed by atoms with van der Waals surface area (Å²) in [5, 5.41) is 11.8. The fourth-order valence-corrected chi connectivity index (χ4v) is 0.937. The van der Waals surface area contributed by atoms with Gasteiger partial charge in [-0.05, 0) is 0 Å². The maximum atomic E-state index is 8.62. The predicted molar refractivity (Wildman–Crippen MR) is 46.6 cm³/mol. The summed E-state index contributed by atoms with van der Waals surface area (Å²) in [4.78, 5) is 0. The van der Waals surface area contributed by atoms with Crippen LogP contribution in [0.4, 0.5) is 0 Å². The molecule has 0 aromatic heterocycles. The molecule has 1 aromatic rings. The Labute approximate surface area is 71.3 Å². The molecule has 0 atom stereocenters. The summed E-state index contributed by atoms with van der Waals surface area (Å²) in [5.74, 6) is 0. The second kappa shape index (κ2) is 4.51. The molecule has 3 nitrogen and oxygen atoms in total. The molecule has 0 heterocycles. The zero-order valence-corrected chi connectivity index (χ0v) is 6.90. The van der Waals surface area contributed by atoms with E-state index in [1.165, 1.54) is 0 Å². The lowest BCUT2D eigenvalue weighted by atomic mass is 10.1. The van der Waals surface area contributed by atoms with E-state index in [1.807, 2.05) is 30.3 Å². The predicted octanol–water partition coefficient (Wildman–Crippen LogP) is 1.51. The van der Waals surface area contributed by atoms with Crippen molar-refractivity contribution in [2.24, 2.45) is 5.16 Å². The van der Waals surface area contributed by atoms with E-state index in [9.17, 15) is 0 Å². The van der Waals surface area contributed by atoms with Gasteiger partial charge in [0.1, 0.15) is 5.71 Å². The van der Waals surface area contributed by atoms with E-state index in [1.54, 1.807) is 7.11 Å². The molecule has 0 radical (unpaired) electrons. The van der Waals surface area contributed by atoms with Crippen molar-refractivity contribution in [2.45, 2.75) is 0 Å². The molecule has 1 rings (SSSR count). The molecule has 0 fully saturated rings. The van der Waals surface area contributed by atoms with Crippen molar-refractivity contribution >= 4 is 5.71 Å². The maximum Gasteiger partial charge on any atom is 0.112 e. The van der Waals surface area contributed by atoms with E-state index in [2.05, 4.69) is 5.16 Å². The van der Waals surface area contributed by atoms with E-state index in [0.29, 0.717) is 12.3 Å². The van der Waals surface area contributed by atoms with Gasteiger partial charge in [-0.15, -0.1) is 0 Å². The first kappa shape index (κ1) is 8.74. The summed E-state index contributed by atoms with van der Waals surface area (Å²) in [7, 11) is 1.56. The molecule has 1 aromatic carbocycles. The summed E-state index contributed by atoms with van der Waals surface area (Å²) in [6, 6.07) is 9.42. The summed E-state index contributed by atoms with van der Waals surface area (Å²) in [6.07, 6.45) is 0. The van der Waals surface area contributed by atoms with Crippen LogP contribution in [-0.4, -0.2) is 24.6 Å². The van der Waals surface area contributed by atoms with E-state index in [-0.39, 0.29) is 0 Å². The molecule has 3 heteroatoms. The normalized spacial score (nSPS) is 11.6. The molecule has 0 bridgehead atoms. The highest BCUT2D eigenvalue weighted by Crippen LogP contribution is 2.00. The number of ether oxygens (including phenoxy) is 1. The van der Waals surface area contributed by atoms with Crippen LogP contribution in [0, 0.1) is 0 Å². The SMILES string of the molecule is COC/C(=N/O)c1ccccc1. The second-order valence-electron chi connectivity index (χ2n) is 2.35. The van der Waals surface area contributed by atoms with Crippen LogP contribution in [0.25, 0.3) is 0 Å². The highest BCUT2D eigenvalue weighted by atomic mass is 16.5. The van der Waals surface area contributed by atoms with Gasteiger partial charge in [0.05, 0.1) is 6.61 Å². The molecule has 64 valence electrons. The summed E-state index contributed by atoms with van der Waals surface area (Å²) in [6.45, 7) is 0.320. The summed E-state index contributed by atoms with van der Waals surface area (Å²) < 4.78 is 4.86. The molecule has 0 aliphatic carbocycles. The number of hydrogen-bond acceptors (Lipinski definition) is 3. The largest absolute Gasteiger partial charge is 0.411 e. The van der Waals surface area contributed by atoms with Crippen LogP contribution >= 0.6 is 0 Å². The highest BCUT2D eigenvalue weighted by Gasteiger charge is 2.01. The molecule has 0 spiro atoms. The summed E-state index contributed by atoms with van der Waals surface area (Å²) in [5.41, 5.74) is 1.42. The van der Waals surface area contributed by atoms with Gasteiger partial charge in [-0.3, -0.25) is 0 Å². The molecule has 12 heavy (non-hydrogen) atoms. The topological polar surface area (TPSA) is 41.8 Å². The summed E-state index contributed by atoms with van der Waals surface area (Å²) >= 11 is 0. The third-order valence-electron chi connectivity index (χ3n) is 1.51. The Morgan fingerprint density at radius 2 is 2.08 bits per heavy atom. The van der Waals surface area contributed by atoms with Gasteiger partial charge in [-0.25, -0.2) is 0 Å². The van der Waals surface area contributed by atoms with Gasteiger partial charge in [-0.2, -0.15) is 0 Å². The van der Waals surface area contributed by atoms with Gasteiger partial charge in [0.25, 0.3) is 0 Å². The number of benzene rings is 1. The van der Waals surface area contributed by atoms with Crippen molar-refractivity contribution < 1.29 is 9.94 Å². The van der Waals surface area contributed by atoms with E-state index in [0.717, 1.165) is 5.56 Å². The van der Waals surface area contributed by atoms with Gasteiger partial charge in [0.15, 0.2) is 0 Å². The minimum absolute atomic E-state index is 0.320. The van der Waals surface area contributed by atoms with Crippen molar-refractivity contribution in [3.05, 3.63) is 35.9 Å². The first-order valence-corrected chi connectivity index (χ1v) is 3.63. The third-order valence-corrected chi connectivity index (χ3v) is 1.51. The fourth-order valence-electron chi connectivity index (χ4n) is 0.937.